The van der Waals surface area contributed by atoms with E-state index in [9.17, 15) is 0 Å². The zero-order valence-electron chi connectivity index (χ0n) is 13.3. The Morgan fingerprint density at radius 3 is 2.83 bits per heavy atom. The Morgan fingerprint density at radius 1 is 1.17 bits per heavy atom. The molecule has 3 nitrogen and oxygen atoms in total. The zero-order chi connectivity index (χ0) is 16.5. The largest absolute Gasteiger partial charge is 0.382 e. The van der Waals surface area contributed by atoms with Gasteiger partial charge < -0.3 is 5.32 Å². The van der Waals surface area contributed by atoms with Crippen molar-refractivity contribution in [1.29, 1.82) is 0 Å². The van der Waals surface area contributed by atoms with Gasteiger partial charge in [-0.1, -0.05) is 42.1 Å². The average Bonchev–Trinajstić information content (AvgIpc) is 3.30. The van der Waals surface area contributed by atoms with Gasteiger partial charge in [-0.2, -0.15) is 5.10 Å². The van der Waals surface area contributed by atoms with Gasteiger partial charge in [-0.05, 0) is 49.1 Å². The van der Waals surface area contributed by atoms with Gasteiger partial charge in [-0.3, -0.25) is 0 Å². The van der Waals surface area contributed by atoms with E-state index in [0.29, 0.717) is 10.0 Å². The molecule has 24 heavy (non-hydrogen) atoms. The minimum absolute atomic E-state index is 0.629. The second kappa shape index (κ2) is 6.66. The highest BCUT2D eigenvalue weighted by atomic mass is 35.5. The van der Waals surface area contributed by atoms with Gasteiger partial charge in [-0.25, -0.2) is 4.52 Å². The van der Waals surface area contributed by atoms with Crippen molar-refractivity contribution in [3.63, 3.8) is 0 Å². The van der Waals surface area contributed by atoms with Gasteiger partial charge in [0.25, 0.3) is 0 Å². The Balaban J connectivity index is 1.60. The van der Waals surface area contributed by atoms with Gasteiger partial charge in [0.1, 0.15) is 0 Å². The van der Waals surface area contributed by atoms with Crippen LogP contribution in [0.15, 0.2) is 42.6 Å². The molecule has 5 heteroatoms. The van der Waals surface area contributed by atoms with Crippen molar-refractivity contribution in [2.75, 3.05) is 11.9 Å². The topological polar surface area (TPSA) is 29.3 Å². The van der Waals surface area contributed by atoms with Crippen LogP contribution < -0.4 is 5.32 Å². The number of pyridine rings is 1. The maximum absolute atomic E-state index is 6.37. The molecule has 2 aromatic heterocycles. The molecule has 0 radical (unpaired) electrons. The normalized spacial score (nSPS) is 14.2. The SMILES string of the molecule is Clc1ccc(-c2cccc3c(NCCCC4CC4)cnn23)c(Cl)c1. The molecule has 1 aliphatic carbocycles. The first kappa shape index (κ1) is 15.8. The summed E-state index contributed by atoms with van der Waals surface area (Å²) in [4.78, 5) is 0. The monoisotopic (exact) mass is 359 g/mol. The summed E-state index contributed by atoms with van der Waals surface area (Å²) in [7, 11) is 0. The van der Waals surface area contributed by atoms with Crippen LogP contribution in [0.3, 0.4) is 0 Å². The second-order valence-electron chi connectivity index (χ2n) is 6.40. The predicted octanol–water partition coefficient (Wildman–Crippen LogP) is 5.91. The summed E-state index contributed by atoms with van der Waals surface area (Å²) in [5, 5.41) is 9.33. The van der Waals surface area contributed by atoms with Gasteiger partial charge in [-0.15, -0.1) is 0 Å². The number of aromatic nitrogens is 2. The van der Waals surface area contributed by atoms with Gasteiger partial charge in [0.15, 0.2) is 0 Å². The Morgan fingerprint density at radius 2 is 2.04 bits per heavy atom. The molecule has 0 bridgehead atoms. The highest BCUT2D eigenvalue weighted by molar-refractivity contribution is 6.36. The molecule has 0 amide bonds. The lowest BCUT2D eigenvalue weighted by molar-refractivity contribution is 0.687. The van der Waals surface area contributed by atoms with E-state index in [-0.39, 0.29) is 0 Å². The van der Waals surface area contributed by atoms with E-state index in [1.165, 1.54) is 25.7 Å². The van der Waals surface area contributed by atoms with Crippen LogP contribution in [0, 0.1) is 5.92 Å². The first-order chi connectivity index (χ1) is 11.7. The molecular weight excluding hydrogens is 341 g/mol. The molecule has 1 aliphatic rings. The first-order valence-corrected chi connectivity index (χ1v) is 9.14. The number of rotatable bonds is 6. The number of anilines is 1. The van der Waals surface area contributed by atoms with Crippen LogP contribution >= 0.6 is 23.2 Å². The van der Waals surface area contributed by atoms with Crippen molar-refractivity contribution in [2.24, 2.45) is 5.92 Å². The number of nitrogens with one attached hydrogen (secondary N) is 1. The fraction of sp³-hybridized carbons (Fsp3) is 0.316. The molecule has 0 aliphatic heterocycles. The van der Waals surface area contributed by atoms with Crippen molar-refractivity contribution in [3.8, 4) is 11.3 Å². The summed E-state index contributed by atoms with van der Waals surface area (Å²) in [6.45, 7) is 0.990. The summed E-state index contributed by atoms with van der Waals surface area (Å²) in [5.41, 5.74) is 4.01. The van der Waals surface area contributed by atoms with Crippen LogP contribution in [0.2, 0.25) is 10.0 Å². The van der Waals surface area contributed by atoms with E-state index in [4.69, 9.17) is 23.2 Å². The molecule has 3 aromatic rings. The maximum atomic E-state index is 6.37. The van der Waals surface area contributed by atoms with E-state index in [0.717, 1.165) is 34.9 Å². The molecule has 0 spiro atoms. The third kappa shape index (κ3) is 3.24. The van der Waals surface area contributed by atoms with Crippen LogP contribution in [0.4, 0.5) is 5.69 Å². The lowest BCUT2D eigenvalue weighted by atomic mass is 10.1. The maximum Gasteiger partial charge on any atom is 0.0900 e. The number of halogens is 2. The summed E-state index contributed by atoms with van der Waals surface area (Å²) in [5.74, 6) is 0.981. The lowest BCUT2D eigenvalue weighted by Crippen LogP contribution is -2.01. The van der Waals surface area contributed by atoms with Crippen molar-refractivity contribution in [3.05, 3.63) is 52.6 Å². The van der Waals surface area contributed by atoms with E-state index in [1.807, 2.05) is 35.0 Å². The predicted molar refractivity (Wildman–Crippen MR) is 101 cm³/mol. The summed E-state index contributed by atoms with van der Waals surface area (Å²) < 4.78 is 1.93. The number of fused-ring (bicyclic) bond motifs is 1. The molecule has 4 rings (SSSR count). The van der Waals surface area contributed by atoms with Gasteiger partial charge in [0, 0.05) is 17.1 Å². The van der Waals surface area contributed by atoms with Crippen molar-refractivity contribution >= 4 is 34.4 Å². The van der Waals surface area contributed by atoms with E-state index in [2.05, 4.69) is 16.5 Å². The molecule has 0 unspecified atom stereocenters. The summed E-state index contributed by atoms with van der Waals surface area (Å²) in [6, 6.07) is 11.7. The van der Waals surface area contributed by atoms with Gasteiger partial charge in [0.05, 0.1) is 28.1 Å². The van der Waals surface area contributed by atoms with Crippen LogP contribution in [-0.2, 0) is 0 Å². The fourth-order valence-corrected chi connectivity index (χ4v) is 3.57. The molecule has 0 atom stereocenters. The van der Waals surface area contributed by atoms with Crippen LogP contribution in [-0.4, -0.2) is 16.2 Å². The van der Waals surface area contributed by atoms with Crippen LogP contribution in [0.25, 0.3) is 16.8 Å². The Hall–Kier alpha value is -1.71. The molecule has 1 aromatic carbocycles. The van der Waals surface area contributed by atoms with Crippen molar-refractivity contribution in [1.82, 2.24) is 9.61 Å². The molecular formula is C19H19Cl2N3. The molecule has 124 valence electrons. The number of hydrogen-bond donors (Lipinski definition) is 1. The van der Waals surface area contributed by atoms with Crippen LogP contribution in [0.1, 0.15) is 25.7 Å². The van der Waals surface area contributed by atoms with Crippen LogP contribution in [0.5, 0.6) is 0 Å². The van der Waals surface area contributed by atoms with E-state index < -0.39 is 0 Å². The average molecular weight is 360 g/mol. The molecule has 1 N–H and O–H groups in total. The highest BCUT2D eigenvalue weighted by Crippen LogP contribution is 2.34. The highest BCUT2D eigenvalue weighted by Gasteiger charge is 2.20. The second-order valence-corrected chi connectivity index (χ2v) is 7.25. The summed E-state index contributed by atoms with van der Waals surface area (Å²) >= 11 is 12.4. The first-order valence-electron chi connectivity index (χ1n) is 8.38. The van der Waals surface area contributed by atoms with Gasteiger partial charge >= 0.3 is 0 Å². The fourth-order valence-electron chi connectivity index (χ4n) is 3.07. The third-order valence-electron chi connectivity index (χ3n) is 4.55. The third-order valence-corrected chi connectivity index (χ3v) is 5.10. The Bertz CT molecular complexity index is 868. The molecule has 1 saturated carbocycles. The number of benzene rings is 1. The number of hydrogen-bond acceptors (Lipinski definition) is 2. The van der Waals surface area contributed by atoms with Gasteiger partial charge in [0.2, 0.25) is 0 Å². The van der Waals surface area contributed by atoms with E-state index >= 15 is 0 Å². The van der Waals surface area contributed by atoms with E-state index in [1.54, 1.807) is 6.07 Å². The quantitative estimate of drug-likeness (QED) is 0.554. The molecule has 1 fully saturated rings. The standard InChI is InChI=1S/C19H19Cl2N3/c20-14-8-9-15(16(21)11-14)18-4-1-5-19-17(12-23-24(18)19)22-10-2-3-13-6-7-13/h1,4-5,8-9,11-13,22H,2-3,6-7,10H2. The summed E-state index contributed by atoms with van der Waals surface area (Å²) in [6.07, 6.45) is 7.27. The van der Waals surface area contributed by atoms with Crippen molar-refractivity contribution < 1.29 is 0 Å². The number of nitrogens with zero attached hydrogens (tertiary/aromatic N) is 2. The Kier molecular flexibility index (Phi) is 4.38. The minimum atomic E-state index is 0.629. The molecule has 2 heterocycles. The molecule has 0 saturated heterocycles. The smallest absolute Gasteiger partial charge is 0.0900 e. The minimum Gasteiger partial charge on any atom is -0.382 e. The zero-order valence-corrected chi connectivity index (χ0v) is 14.8. The Labute approximate surface area is 151 Å². The van der Waals surface area contributed by atoms with Crippen molar-refractivity contribution in [2.45, 2.75) is 25.7 Å². The lowest BCUT2D eigenvalue weighted by Gasteiger charge is -2.09.